The number of carbonyl (C=O) groups is 3. The van der Waals surface area contributed by atoms with E-state index < -0.39 is 10.8 Å². The van der Waals surface area contributed by atoms with Crippen molar-refractivity contribution in [1.82, 2.24) is 0 Å². The number of nitrogens with zero attached hydrogens (tertiary/aromatic N) is 2. The van der Waals surface area contributed by atoms with Gasteiger partial charge in [-0.05, 0) is 73.0 Å². The normalized spacial score (nSPS) is 19.5. The van der Waals surface area contributed by atoms with E-state index in [1.807, 2.05) is 36.4 Å². The molecule has 2 heterocycles. The standard InChI is InChI=1S/C42H40N2O4/c1-25(45)19-21-43-33-17-15-27-11-7-9-13-29(27)37(33)41(3,4)35(43)23-31-39(47)32(40(31)48)24-36-42(5,6)38-30-14-10-8-12-28(30)16-18-34(38)44(36)22-20-26(2)46/h7-18,23-24H,19-22H2,1-6H3/p+1. The Labute approximate surface area is 281 Å². The van der Waals surface area contributed by atoms with Crippen LogP contribution >= 0.6 is 0 Å². The summed E-state index contributed by atoms with van der Waals surface area (Å²) in [5.41, 5.74) is 5.63. The minimum absolute atomic E-state index is 0.0359. The number of fused-ring (bicyclic) bond motifs is 6. The molecule has 0 amide bonds. The van der Waals surface area contributed by atoms with E-state index in [-0.39, 0.29) is 34.3 Å². The molecule has 4 aromatic carbocycles. The van der Waals surface area contributed by atoms with E-state index in [0.29, 0.717) is 25.9 Å². The summed E-state index contributed by atoms with van der Waals surface area (Å²) in [5, 5.41) is 16.1. The van der Waals surface area contributed by atoms with Crippen LogP contribution in [0.3, 0.4) is 0 Å². The van der Waals surface area contributed by atoms with Gasteiger partial charge in [0.05, 0.1) is 23.0 Å². The number of benzene rings is 4. The fourth-order valence-corrected chi connectivity index (χ4v) is 8.00. The van der Waals surface area contributed by atoms with Crippen molar-refractivity contribution in [3.63, 3.8) is 0 Å². The first-order valence-corrected chi connectivity index (χ1v) is 16.7. The molecule has 0 aromatic heterocycles. The van der Waals surface area contributed by atoms with Gasteiger partial charge in [-0.1, -0.05) is 68.4 Å². The van der Waals surface area contributed by atoms with Gasteiger partial charge in [0.1, 0.15) is 17.3 Å². The maximum absolute atomic E-state index is 14.0. The summed E-state index contributed by atoms with van der Waals surface area (Å²) in [6.07, 6.45) is 4.37. The van der Waals surface area contributed by atoms with Crippen LogP contribution in [0.25, 0.3) is 21.5 Å². The van der Waals surface area contributed by atoms with E-state index in [4.69, 9.17) is 0 Å². The Morgan fingerprint density at radius 1 is 0.771 bits per heavy atom. The second-order valence-corrected chi connectivity index (χ2v) is 14.4. The molecule has 242 valence electrons. The van der Waals surface area contributed by atoms with Crippen LogP contribution in [0.1, 0.15) is 65.5 Å². The summed E-state index contributed by atoms with van der Waals surface area (Å²) in [6, 6.07) is 24.9. The van der Waals surface area contributed by atoms with Crippen molar-refractivity contribution in [1.29, 1.82) is 0 Å². The SMILES string of the molecule is CC(=O)CCN1/C(=C/C2=C(O)C(=C\C3=[N+](CCC(C)=O)c4ccc5ccccc5c4C3(C)C)/C2=O)C(C)(C)c2c1ccc1ccccc21. The second kappa shape index (κ2) is 11.3. The third-order valence-electron chi connectivity index (χ3n) is 10.4. The van der Waals surface area contributed by atoms with E-state index in [2.05, 4.69) is 85.7 Å². The summed E-state index contributed by atoms with van der Waals surface area (Å²) in [4.78, 5) is 40.4. The van der Waals surface area contributed by atoms with Gasteiger partial charge in [-0.15, -0.1) is 0 Å². The fourth-order valence-electron chi connectivity index (χ4n) is 8.00. The van der Waals surface area contributed by atoms with Crippen LogP contribution in [0.2, 0.25) is 0 Å². The largest absolute Gasteiger partial charge is 0.506 e. The Kier molecular flexibility index (Phi) is 7.39. The lowest BCUT2D eigenvalue weighted by atomic mass is 9.76. The molecule has 0 bridgehead atoms. The number of Topliss-reactive ketones (excluding diaryl/α,β-unsaturated/α-hetero) is 3. The highest BCUT2D eigenvalue weighted by Gasteiger charge is 2.48. The highest BCUT2D eigenvalue weighted by molar-refractivity contribution is 6.24. The van der Waals surface area contributed by atoms with Crippen LogP contribution in [0, 0.1) is 0 Å². The number of aliphatic hydroxyl groups excluding tert-OH is 1. The van der Waals surface area contributed by atoms with E-state index in [9.17, 15) is 19.5 Å². The zero-order valence-electron chi connectivity index (χ0n) is 28.5. The molecule has 7 rings (SSSR count). The maximum atomic E-state index is 14.0. The average molecular weight is 638 g/mol. The van der Waals surface area contributed by atoms with Crippen molar-refractivity contribution in [3.8, 4) is 0 Å². The van der Waals surface area contributed by atoms with Crippen molar-refractivity contribution < 1.29 is 24.1 Å². The summed E-state index contributed by atoms with van der Waals surface area (Å²) in [5.74, 6) is -0.0783. The van der Waals surface area contributed by atoms with Crippen LogP contribution in [0.4, 0.5) is 11.4 Å². The highest BCUT2D eigenvalue weighted by Crippen LogP contribution is 2.52. The van der Waals surface area contributed by atoms with Crippen LogP contribution in [-0.4, -0.2) is 45.8 Å². The summed E-state index contributed by atoms with van der Waals surface area (Å²) < 4.78 is 2.14. The molecule has 3 aliphatic rings. The van der Waals surface area contributed by atoms with Crippen LogP contribution in [0.5, 0.6) is 0 Å². The molecule has 0 atom stereocenters. The quantitative estimate of drug-likeness (QED) is 0.155. The molecule has 6 heteroatoms. The van der Waals surface area contributed by atoms with Crippen molar-refractivity contribution in [2.45, 2.75) is 65.2 Å². The molecule has 6 nitrogen and oxygen atoms in total. The van der Waals surface area contributed by atoms with Crippen molar-refractivity contribution in [3.05, 3.63) is 119 Å². The molecule has 4 aromatic rings. The molecule has 0 unspecified atom stereocenters. The van der Waals surface area contributed by atoms with Crippen LogP contribution < -0.4 is 4.90 Å². The summed E-state index contributed by atoms with van der Waals surface area (Å²) in [6.45, 7) is 12.7. The Balaban J connectivity index is 1.34. The molecule has 0 fully saturated rings. The van der Waals surface area contributed by atoms with Gasteiger partial charge in [0.25, 0.3) is 0 Å². The van der Waals surface area contributed by atoms with Gasteiger partial charge in [-0.2, -0.15) is 4.58 Å². The smallest absolute Gasteiger partial charge is 0.210 e. The Morgan fingerprint density at radius 3 is 2.00 bits per heavy atom. The summed E-state index contributed by atoms with van der Waals surface area (Å²) >= 11 is 0. The van der Waals surface area contributed by atoms with Gasteiger partial charge in [0.15, 0.2) is 12.3 Å². The molecule has 0 spiro atoms. The van der Waals surface area contributed by atoms with Gasteiger partial charge in [0, 0.05) is 47.5 Å². The number of hydrogen-bond acceptors (Lipinski definition) is 5. The number of hydrogen-bond donors (Lipinski definition) is 1. The van der Waals surface area contributed by atoms with Crippen LogP contribution in [0.15, 0.2) is 108 Å². The first kappa shape index (κ1) is 31.5. The predicted octanol–water partition coefficient (Wildman–Crippen LogP) is 8.33. The Hall–Kier alpha value is -5.10. The van der Waals surface area contributed by atoms with Gasteiger partial charge in [0.2, 0.25) is 11.5 Å². The Morgan fingerprint density at radius 2 is 1.38 bits per heavy atom. The van der Waals surface area contributed by atoms with E-state index in [0.717, 1.165) is 55.5 Å². The average Bonchev–Trinajstić information content (AvgIpc) is 3.41. The topological polar surface area (TPSA) is 77.7 Å². The van der Waals surface area contributed by atoms with Gasteiger partial charge < -0.3 is 10.0 Å². The number of carbonyl (C=O) groups excluding carboxylic acids is 3. The molecular formula is C42H41N2O4+. The van der Waals surface area contributed by atoms with Crippen LogP contribution in [-0.2, 0) is 25.2 Å². The molecule has 1 N–H and O–H groups in total. The molecule has 0 saturated heterocycles. The van der Waals surface area contributed by atoms with Gasteiger partial charge in [-0.3, -0.25) is 14.4 Å². The maximum Gasteiger partial charge on any atom is 0.210 e. The fraction of sp³-hybridized carbons (Fsp3) is 0.286. The molecule has 0 saturated carbocycles. The van der Waals surface area contributed by atoms with Crippen molar-refractivity contribution >= 4 is 56.0 Å². The molecule has 0 radical (unpaired) electrons. The van der Waals surface area contributed by atoms with E-state index >= 15 is 0 Å². The second-order valence-electron chi connectivity index (χ2n) is 14.4. The lowest BCUT2D eigenvalue weighted by molar-refractivity contribution is -0.436. The monoisotopic (exact) mass is 637 g/mol. The van der Waals surface area contributed by atoms with Gasteiger partial charge >= 0.3 is 0 Å². The first-order valence-electron chi connectivity index (χ1n) is 16.7. The molecule has 2 aliphatic heterocycles. The number of rotatable bonds is 8. The zero-order chi connectivity index (χ0) is 34.1. The third kappa shape index (κ3) is 4.76. The van der Waals surface area contributed by atoms with Crippen molar-refractivity contribution in [2.75, 3.05) is 18.0 Å². The predicted molar refractivity (Wildman–Crippen MR) is 193 cm³/mol. The number of ketones is 3. The minimum Gasteiger partial charge on any atom is -0.506 e. The molecule has 48 heavy (non-hydrogen) atoms. The minimum atomic E-state index is -0.492. The van der Waals surface area contributed by atoms with Gasteiger partial charge in [-0.25, -0.2) is 0 Å². The van der Waals surface area contributed by atoms with Crippen molar-refractivity contribution in [2.24, 2.45) is 0 Å². The molecule has 1 aliphatic carbocycles. The summed E-state index contributed by atoms with van der Waals surface area (Å²) in [7, 11) is 0. The number of aliphatic hydroxyl groups is 1. The first-order chi connectivity index (χ1) is 22.8. The van der Waals surface area contributed by atoms with E-state index in [1.165, 1.54) is 0 Å². The molecular weight excluding hydrogens is 596 g/mol. The Bertz CT molecular complexity index is 2230. The number of anilines is 1. The number of allylic oxidation sites excluding steroid dienone is 5. The zero-order valence-corrected chi connectivity index (χ0v) is 28.5. The lowest BCUT2D eigenvalue weighted by Crippen LogP contribution is -2.32. The highest BCUT2D eigenvalue weighted by atomic mass is 16.3. The third-order valence-corrected chi connectivity index (χ3v) is 10.4. The van der Waals surface area contributed by atoms with E-state index in [1.54, 1.807) is 13.8 Å². The lowest BCUT2D eigenvalue weighted by Gasteiger charge is -2.29.